The van der Waals surface area contributed by atoms with Crippen molar-refractivity contribution in [3.8, 4) is 0 Å². The molecule has 0 bridgehead atoms. The van der Waals surface area contributed by atoms with E-state index >= 15 is 0 Å². The lowest BCUT2D eigenvalue weighted by molar-refractivity contribution is 0.0806. The van der Waals surface area contributed by atoms with Crippen LogP contribution in [0.4, 0.5) is 11.5 Å². The second kappa shape index (κ2) is 7.96. The Morgan fingerprint density at radius 2 is 1.84 bits per heavy atom. The van der Waals surface area contributed by atoms with Gasteiger partial charge in [0.2, 0.25) is 5.91 Å². The average molecular weight is 340 g/mol. The van der Waals surface area contributed by atoms with Crippen LogP contribution in [0.1, 0.15) is 10.4 Å². The average Bonchev–Trinajstić information content (AvgIpc) is 2.67. The predicted molar refractivity (Wildman–Crippen MR) is 98.1 cm³/mol. The Balaban J connectivity index is 1.45. The fourth-order valence-corrected chi connectivity index (χ4v) is 2.84. The Kier molecular flexibility index (Phi) is 5.47. The molecule has 1 aromatic heterocycles. The molecule has 0 saturated carbocycles. The van der Waals surface area contributed by atoms with E-state index < -0.39 is 5.91 Å². The van der Waals surface area contributed by atoms with Gasteiger partial charge in [-0.25, -0.2) is 4.98 Å². The van der Waals surface area contributed by atoms with E-state index in [2.05, 4.69) is 14.8 Å². The topological polar surface area (TPSA) is 88.8 Å². The lowest BCUT2D eigenvalue weighted by atomic mass is 10.2. The number of piperazine rings is 1. The van der Waals surface area contributed by atoms with Crippen LogP contribution in [0.3, 0.4) is 0 Å². The smallest absolute Gasteiger partial charge is 0.243 e. The van der Waals surface area contributed by atoms with Gasteiger partial charge in [0.25, 0.3) is 0 Å². The number of aromatic nitrogens is 1. The molecule has 25 heavy (non-hydrogen) atoms. The van der Waals surface area contributed by atoms with Crippen molar-refractivity contribution in [3.05, 3.63) is 59.4 Å². The number of hydroxylamine groups is 2. The van der Waals surface area contributed by atoms with E-state index in [1.165, 1.54) is 0 Å². The highest BCUT2D eigenvalue weighted by atomic mass is 16.5. The SMILES string of the molecule is Nc1ccc(C(=O)N([O-])CCN2CCN(c3ccccn3)CC2)cc1. The molecule has 1 fully saturated rings. The van der Waals surface area contributed by atoms with Crippen LogP contribution < -0.4 is 10.6 Å². The first-order valence-electron chi connectivity index (χ1n) is 8.36. The first-order chi connectivity index (χ1) is 12.1. The third-order valence-electron chi connectivity index (χ3n) is 4.35. The zero-order valence-electron chi connectivity index (χ0n) is 14.0. The fraction of sp³-hybridized carbons (Fsp3) is 0.333. The number of nitrogen functional groups attached to an aromatic ring is 1. The molecule has 0 radical (unpaired) electrons. The Morgan fingerprint density at radius 1 is 1.12 bits per heavy atom. The Labute approximate surface area is 147 Å². The van der Waals surface area contributed by atoms with E-state index in [1.807, 2.05) is 18.2 Å². The molecule has 1 aliphatic heterocycles. The van der Waals surface area contributed by atoms with Gasteiger partial charge in [-0.2, -0.15) is 0 Å². The summed E-state index contributed by atoms with van der Waals surface area (Å²) < 4.78 is 0. The van der Waals surface area contributed by atoms with Gasteiger partial charge in [-0.1, -0.05) is 6.07 Å². The van der Waals surface area contributed by atoms with E-state index in [4.69, 9.17) is 5.73 Å². The van der Waals surface area contributed by atoms with Crippen LogP contribution in [-0.4, -0.2) is 60.1 Å². The third kappa shape index (κ3) is 4.46. The van der Waals surface area contributed by atoms with E-state index in [0.29, 0.717) is 22.9 Å². The maximum absolute atomic E-state index is 12.1. The Hall–Kier alpha value is -2.64. The highest BCUT2D eigenvalue weighted by molar-refractivity contribution is 5.94. The van der Waals surface area contributed by atoms with Crippen LogP contribution in [0.15, 0.2) is 48.7 Å². The molecule has 1 amide bonds. The van der Waals surface area contributed by atoms with Crippen LogP contribution in [-0.2, 0) is 0 Å². The number of nitrogens with zero attached hydrogens (tertiary/aromatic N) is 4. The molecule has 0 atom stereocenters. The predicted octanol–water partition coefficient (Wildman–Crippen LogP) is 1.43. The van der Waals surface area contributed by atoms with Crippen molar-refractivity contribution < 1.29 is 4.79 Å². The molecule has 1 saturated heterocycles. The monoisotopic (exact) mass is 340 g/mol. The molecule has 0 spiro atoms. The molecule has 2 heterocycles. The van der Waals surface area contributed by atoms with Gasteiger partial charge in [-0.3, -0.25) is 9.69 Å². The number of rotatable bonds is 5. The summed E-state index contributed by atoms with van der Waals surface area (Å²) in [6.07, 6.45) is 1.79. The van der Waals surface area contributed by atoms with Crippen molar-refractivity contribution in [2.75, 3.05) is 49.9 Å². The van der Waals surface area contributed by atoms with Gasteiger partial charge >= 0.3 is 0 Å². The maximum atomic E-state index is 12.1. The number of hydrogen-bond acceptors (Lipinski definition) is 6. The summed E-state index contributed by atoms with van der Waals surface area (Å²) in [5.41, 5.74) is 6.53. The molecular weight excluding hydrogens is 318 g/mol. The van der Waals surface area contributed by atoms with E-state index in [9.17, 15) is 10.0 Å². The van der Waals surface area contributed by atoms with Crippen molar-refractivity contribution in [3.63, 3.8) is 0 Å². The van der Waals surface area contributed by atoms with E-state index in [1.54, 1.807) is 30.5 Å². The van der Waals surface area contributed by atoms with Gasteiger partial charge in [-0.15, -0.1) is 0 Å². The van der Waals surface area contributed by atoms with Gasteiger partial charge in [-0.05, 0) is 36.4 Å². The van der Waals surface area contributed by atoms with Gasteiger partial charge in [0.05, 0.1) is 0 Å². The van der Waals surface area contributed by atoms with Gasteiger partial charge < -0.3 is 20.9 Å². The highest BCUT2D eigenvalue weighted by Gasteiger charge is 2.18. The lowest BCUT2D eigenvalue weighted by Crippen LogP contribution is -2.48. The summed E-state index contributed by atoms with van der Waals surface area (Å²) in [4.78, 5) is 20.9. The minimum Gasteiger partial charge on any atom is -0.756 e. The Bertz CT molecular complexity index is 684. The van der Waals surface area contributed by atoms with Crippen molar-refractivity contribution in [2.24, 2.45) is 0 Å². The molecule has 1 aromatic carbocycles. The second-order valence-electron chi connectivity index (χ2n) is 6.05. The molecule has 2 aromatic rings. The highest BCUT2D eigenvalue weighted by Crippen LogP contribution is 2.13. The standard InChI is InChI=1S/C18H22N5O2/c19-16-6-4-15(5-7-16)18(24)23(25)14-11-21-9-12-22(13-10-21)17-3-1-2-8-20-17/h1-8H,9-14,19H2/q-1. The van der Waals surface area contributed by atoms with Crippen LogP contribution >= 0.6 is 0 Å². The number of benzene rings is 1. The zero-order chi connectivity index (χ0) is 17.6. The molecule has 7 heteroatoms. The Morgan fingerprint density at radius 3 is 2.48 bits per heavy atom. The largest absolute Gasteiger partial charge is 0.756 e. The third-order valence-corrected chi connectivity index (χ3v) is 4.35. The minimum absolute atomic E-state index is 0.160. The summed E-state index contributed by atoms with van der Waals surface area (Å²) in [6, 6.07) is 12.3. The molecule has 0 unspecified atom stereocenters. The van der Waals surface area contributed by atoms with Gasteiger partial charge in [0, 0.05) is 56.7 Å². The molecule has 2 N–H and O–H groups in total. The van der Waals surface area contributed by atoms with Crippen LogP contribution in [0.5, 0.6) is 0 Å². The van der Waals surface area contributed by atoms with Crippen molar-refractivity contribution in [2.45, 2.75) is 0 Å². The van der Waals surface area contributed by atoms with Gasteiger partial charge in [0.1, 0.15) is 5.82 Å². The van der Waals surface area contributed by atoms with Crippen molar-refractivity contribution in [1.82, 2.24) is 14.9 Å². The maximum Gasteiger partial charge on any atom is 0.243 e. The lowest BCUT2D eigenvalue weighted by Gasteiger charge is -2.37. The van der Waals surface area contributed by atoms with Crippen molar-refractivity contribution >= 4 is 17.4 Å². The molecule has 7 nitrogen and oxygen atoms in total. The molecule has 3 rings (SSSR count). The minimum atomic E-state index is -0.521. The van der Waals surface area contributed by atoms with E-state index in [-0.39, 0.29) is 6.54 Å². The van der Waals surface area contributed by atoms with Crippen LogP contribution in [0, 0.1) is 5.21 Å². The number of anilines is 2. The summed E-state index contributed by atoms with van der Waals surface area (Å²) in [5, 5.41) is 12.6. The van der Waals surface area contributed by atoms with E-state index in [0.717, 1.165) is 32.0 Å². The number of pyridine rings is 1. The summed E-state index contributed by atoms with van der Waals surface area (Å²) in [7, 11) is 0. The number of carbonyl (C=O) groups excluding carboxylic acids is 1. The first kappa shape index (κ1) is 17.2. The number of nitrogens with two attached hydrogens (primary N) is 1. The number of carbonyl (C=O) groups is 1. The molecular formula is C18H22N5O2-. The van der Waals surface area contributed by atoms with Crippen LogP contribution in [0.25, 0.3) is 0 Å². The normalized spacial score (nSPS) is 15.2. The molecule has 132 valence electrons. The first-order valence-corrected chi connectivity index (χ1v) is 8.36. The van der Waals surface area contributed by atoms with Gasteiger partial charge in [0.15, 0.2) is 0 Å². The zero-order valence-corrected chi connectivity index (χ0v) is 14.0. The summed E-state index contributed by atoms with van der Waals surface area (Å²) >= 11 is 0. The number of amides is 1. The molecule has 0 aliphatic carbocycles. The summed E-state index contributed by atoms with van der Waals surface area (Å²) in [5.74, 6) is 0.457. The van der Waals surface area contributed by atoms with Crippen LogP contribution in [0.2, 0.25) is 0 Å². The number of hydrogen-bond donors (Lipinski definition) is 1. The summed E-state index contributed by atoms with van der Waals surface area (Å²) in [6.45, 7) is 4.15. The molecule has 1 aliphatic rings. The quantitative estimate of drug-likeness (QED) is 0.654. The van der Waals surface area contributed by atoms with Crippen molar-refractivity contribution in [1.29, 1.82) is 0 Å². The second-order valence-corrected chi connectivity index (χ2v) is 6.05. The fourth-order valence-electron chi connectivity index (χ4n) is 2.84.